The van der Waals surface area contributed by atoms with Crippen molar-refractivity contribution in [3.05, 3.63) is 125 Å². The molecule has 6 amide bonds. The number of carbonyl (C=O) groups excluding carboxylic acids is 6. The minimum atomic E-state index is -0.738. The van der Waals surface area contributed by atoms with Crippen molar-refractivity contribution in [3.8, 4) is 45.6 Å². The molecule has 10 rings (SSSR count). The molecule has 0 unspecified atom stereocenters. The number of benzene rings is 4. The van der Waals surface area contributed by atoms with Crippen molar-refractivity contribution in [2.24, 2.45) is 11.5 Å². The third-order valence-electron chi connectivity index (χ3n) is 13.4. The molecule has 89 heavy (non-hydrogen) atoms. The van der Waals surface area contributed by atoms with Gasteiger partial charge in [0.25, 0.3) is 11.8 Å². The number of ether oxygens (including phenoxy) is 4. The normalized spacial score (nSPS) is 13.4. The Bertz CT molecular complexity index is 3880. The fourth-order valence-electron chi connectivity index (χ4n) is 9.22. The van der Waals surface area contributed by atoms with Gasteiger partial charge in [-0.15, -0.1) is 11.6 Å². The zero-order valence-corrected chi connectivity index (χ0v) is 53.1. The summed E-state index contributed by atoms with van der Waals surface area (Å²) in [4.78, 5) is 106. The standard InChI is InChI=1S/C31H35N7O5S.C20H17N5O2S.C11H19ClN2O3/c1-5-42-22-13-11-20(12-14-22)27-33-24(26(32)40)25-28(35-27)38(21-9-7-6-8-10-21)29(34-25)44-19-23(39)36-15-17-37(18-16-36)30(41)43-31(2,3)4;1-2-27-14-10-8-12(9-11-14)18-22-15(17(21)26)16-19(24-18)25(20(28)23-16)13-6-4-3-5-7-13;1-11(2,3)17-10(16)14-6-4-13(5-7-14)9(15)8-12/h6-14H,5,15-19H2,1-4H3,(H2,32,40);3-11H,2H2,1H3,(H2,21,26)(H,23,28);4-8H2,1-3H3. The number of hydrogen-bond donors (Lipinski definition) is 3. The number of rotatable bonds is 14. The topological polar surface area (TPSA) is 294 Å². The maximum atomic E-state index is 13.2. The highest BCUT2D eigenvalue weighted by atomic mass is 35.5. The predicted octanol–water partition coefficient (Wildman–Crippen LogP) is 9.10. The second-order valence-corrected chi connectivity index (χ2v) is 23.7. The van der Waals surface area contributed by atoms with E-state index >= 15 is 0 Å². The Morgan fingerprint density at radius 1 is 0.551 bits per heavy atom. The van der Waals surface area contributed by atoms with Crippen LogP contribution in [0.3, 0.4) is 0 Å². The molecule has 2 saturated heterocycles. The number of alkyl halides is 1. The summed E-state index contributed by atoms with van der Waals surface area (Å²) < 4.78 is 25.7. The lowest BCUT2D eigenvalue weighted by Crippen LogP contribution is -2.52. The molecule has 8 aromatic rings. The number of amides is 6. The summed E-state index contributed by atoms with van der Waals surface area (Å²) in [5.41, 5.74) is 14.9. The Kier molecular flexibility index (Phi) is 21.6. The van der Waals surface area contributed by atoms with Crippen molar-refractivity contribution in [2.45, 2.75) is 71.7 Å². The SMILES string of the molecule is CC(C)(C)OC(=O)N1CCN(C(=O)CCl)CC1.CCOc1ccc(-c2nc(C(N)=O)c3[nH]c(=S)n(-c4ccccc4)c3n2)cc1.CCOc1ccc(-c2nc(C(N)=O)c3nc(SCC(=O)N4CCN(C(=O)OC(C)(C)C)CC4)n(-c4ccccc4)c3n2)cc1. The third-order valence-corrected chi connectivity index (χ3v) is 14.8. The van der Waals surface area contributed by atoms with Crippen molar-refractivity contribution in [3.63, 3.8) is 0 Å². The lowest BCUT2D eigenvalue weighted by Gasteiger charge is -2.35. The zero-order valence-electron chi connectivity index (χ0n) is 50.7. The number of nitrogens with two attached hydrogens (primary N) is 2. The van der Waals surface area contributed by atoms with Crippen molar-refractivity contribution in [1.29, 1.82) is 0 Å². The van der Waals surface area contributed by atoms with Crippen LogP contribution in [0.1, 0.15) is 76.4 Å². The number of aromatic amines is 1. The van der Waals surface area contributed by atoms with E-state index in [0.29, 0.717) is 115 Å². The van der Waals surface area contributed by atoms with E-state index in [4.69, 9.17) is 64.2 Å². The van der Waals surface area contributed by atoms with Gasteiger partial charge in [-0.05, 0) is 140 Å². The number of carbonyl (C=O) groups is 6. The molecule has 6 heterocycles. The van der Waals surface area contributed by atoms with Crippen molar-refractivity contribution in [2.75, 3.05) is 77.2 Å². The van der Waals surface area contributed by atoms with E-state index in [2.05, 4.69) is 19.9 Å². The number of aromatic nitrogens is 8. The molecule has 0 spiro atoms. The fourth-order valence-corrected chi connectivity index (χ4v) is 10.6. The summed E-state index contributed by atoms with van der Waals surface area (Å²) in [5, 5.41) is 0.465. The van der Waals surface area contributed by atoms with Crippen LogP contribution in [0.2, 0.25) is 0 Å². The van der Waals surface area contributed by atoms with E-state index in [1.807, 2.05) is 165 Å². The highest BCUT2D eigenvalue weighted by molar-refractivity contribution is 7.99. The number of thioether (sulfide) groups is 1. The van der Waals surface area contributed by atoms with Gasteiger partial charge in [0.1, 0.15) is 39.6 Å². The van der Waals surface area contributed by atoms with Crippen LogP contribution in [0.25, 0.3) is 56.5 Å². The van der Waals surface area contributed by atoms with Crippen molar-refractivity contribution < 1.29 is 47.7 Å². The first-order valence-electron chi connectivity index (χ1n) is 28.7. The Hall–Kier alpha value is -9.14. The zero-order chi connectivity index (χ0) is 64.2. The van der Waals surface area contributed by atoms with Gasteiger partial charge >= 0.3 is 12.2 Å². The van der Waals surface area contributed by atoms with Crippen LogP contribution < -0.4 is 20.9 Å². The number of H-pyrrole nitrogens is 1. The van der Waals surface area contributed by atoms with Crippen LogP contribution in [-0.2, 0) is 19.1 Å². The minimum absolute atomic E-state index is 0.00750. The number of piperazine rings is 2. The number of halogens is 1. The fraction of sp³-hybridized carbons (Fsp3) is 0.355. The molecule has 4 aromatic heterocycles. The van der Waals surface area contributed by atoms with Gasteiger partial charge in [-0.2, -0.15) is 0 Å². The number of hydrogen-bond acceptors (Lipinski definition) is 17. The van der Waals surface area contributed by atoms with Gasteiger partial charge in [-0.1, -0.05) is 48.2 Å². The molecule has 5 N–H and O–H groups in total. The molecule has 24 nitrogen and oxygen atoms in total. The Labute approximate surface area is 528 Å². The first-order valence-corrected chi connectivity index (χ1v) is 30.6. The Morgan fingerprint density at radius 2 is 0.966 bits per heavy atom. The number of nitrogens with zero attached hydrogens (tertiary/aromatic N) is 11. The van der Waals surface area contributed by atoms with Gasteiger partial charge in [0, 0.05) is 74.9 Å². The van der Waals surface area contributed by atoms with Crippen LogP contribution in [0.4, 0.5) is 9.59 Å². The van der Waals surface area contributed by atoms with Crippen LogP contribution >= 0.6 is 35.6 Å². The van der Waals surface area contributed by atoms with Crippen molar-refractivity contribution >= 4 is 93.7 Å². The molecule has 2 aliphatic rings. The van der Waals surface area contributed by atoms with Gasteiger partial charge in [0.15, 0.2) is 44.3 Å². The average Bonchev–Trinajstić information content (AvgIpc) is 1.70. The molecule has 0 atom stereocenters. The molecule has 468 valence electrons. The minimum Gasteiger partial charge on any atom is -0.494 e. The molecule has 0 aliphatic carbocycles. The smallest absolute Gasteiger partial charge is 0.410 e. The van der Waals surface area contributed by atoms with E-state index in [-0.39, 0.29) is 52.5 Å². The largest absolute Gasteiger partial charge is 0.494 e. The van der Waals surface area contributed by atoms with E-state index in [0.717, 1.165) is 22.7 Å². The van der Waals surface area contributed by atoms with Crippen LogP contribution in [-0.4, -0.2) is 183 Å². The molecule has 2 aliphatic heterocycles. The summed E-state index contributed by atoms with van der Waals surface area (Å²) in [5.74, 6) is 0.642. The summed E-state index contributed by atoms with van der Waals surface area (Å²) in [6, 6.07) is 33.6. The van der Waals surface area contributed by atoms with E-state index in [1.165, 1.54) is 11.8 Å². The van der Waals surface area contributed by atoms with Gasteiger partial charge in [-0.3, -0.25) is 28.3 Å². The first kappa shape index (κ1) is 65.8. The lowest BCUT2D eigenvalue weighted by molar-refractivity contribution is -0.130. The molecule has 0 radical (unpaired) electrons. The maximum absolute atomic E-state index is 13.2. The quantitative estimate of drug-likeness (QED) is 0.0519. The highest BCUT2D eigenvalue weighted by Gasteiger charge is 2.31. The average molecular weight is 1270 g/mol. The molecule has 0 saturated carbocycles. The number of nitrogens with one attached hydrogen (secondary N) is 1. The van der Waals surface area contributed by atoms with Gasteiger partial charge in [0.05, 0.1) is 19.0 Å². The van der Waals surface area contributed by atoms with E-state index in [1.54, 1.807) is 28.7 Å². The summed E-state index contributed by atoms with van der Waals surface area (Å²) in [6.45, 7) is 19.5. The molecule has 2 fully saturated rings. The van der Waals surface area contributed by atoms with E-state index < -0.39 is 23.0 Å². The molecule has 4 aromatic carbocycles. The number of fused-ring (bicyclic) bond motifs is 2. The summed E-state index contributed by atoms with van der Waals surface area (Å²) in [6.07, 6.45) is -0.706. The lowest BCUT2D eigenvalue weighted by atomic mass is 10.2. The van der Waals surface area contributed by atoms with Crippen LogP contribution in [0.15, 0.2) is 114 Å². The number of para-hydroxylation sites is 2. The number of imidazole rings is 2. The van der Waals surface area contributed by atoms with Crippen LogP contribution in [0.5, 0.6) is 11.5 Å². The summed E-state index contributed by atoms with van der Waals surface area (Å²) >= 11 is 12.2. The second kappa shape index (κ2) is 29.2. The van der Waals surface area contributed by atoms with Gasteiger partial charge in [0.2, 0.25) is 11.8 Å². The van der Waals surface area contributed by atoms with Crippen LogP contribution in [0, 0.1) is 4.77 Å². The highest BCUT2D eigenvalue weighted by Crippen LogP contribution is 2.32. The number of primary amides is 2. The predicted molar refractivity (Wildman–Crippen MR) is 341 cm³/mol. The Morgan fingerprint density at radius 3 is 1.39 bits per heavy atom. The third kappa shape index (κ3) is 16.9. The van der Waals surface area contributed by atoms with Gasteiger partial charge in [-0.25, -0.2) is 34.5 Å². The molecule has 27 heteroatoms. The Balaban J connectivity index is 0.000000193. The van der Waals surface area contributed by atoms with E-state index in [9.17, 15) is 28.8 Å². The maximum Gasteiger partial charge on any atom is 0.410 e. The monoisotopic (exact) mass is 1270 g/mol. The molecular formula is C62H71ClN14O10S2. The molecular weight excluding hydrogens is 1200 g/mol. The first-order chi connectivity index (χ1) is 42.4. The van der Waals surface area contributed by atoms with Crippen molar-refractivity contribution in [1.82, 2.24) is 58.6 Å². The summed E-state index contributed by atoms with van der Waals surface area (Å²) in [7, 11) is 0. The second-order valence-electron chi connectivity index (χ2n) is 22.1. The molecule has 0 bridgehead atoms. The van der Waals surface area contributed by atoms with Gasteiger partial charge < -0.3 is 55.0 Å².